The van der Waals surface area contributed by atoms with E-state index in [9.17, 15) is 31.5 Å². The Balaban J connectivity index is 1.99. The lowest BCUT2D eigenvalue weighted by molar-refractivity contribution is -0.275. The van der Waals surface area contributed by atoms with Crippen LogP contribution in [0.4, 0.5) is 22.0 Å². The number of hydrogen-bond acceptors (Lipinski definition) is 5. The monoisotopic (exact) mass is 468 g/mol. The van der Waals surface area contributed by atoms with E-state index in [2.05, 4.69) is 9.72 Å². The maximum atomic E-state index is 14.5. The summed E-state index contributed by atoms with van der Waals surface area (Å²) < 4.78 is 70.8. The minimum absolute atomic E-state index is 0.00310. The molecule has 33 heavy (non-hydrogen) atoms. The first kappa shape index (κ1) is 24.1. The number of aromatic nitrogens is 2. The molecule has 3 rings (SSSR count). The van der Waals surface area contributed by atoms with Crippen molar-refractivity contribution in [1.29, 1.82) is 0 Å². The molecule has 0 aliphatic heterocycles. The van der Waals surface area contributed by atoms with Crippen LogP contribution in [0.5, 0.6) is 5.75 Å². The van der Waals surface area contributed by atoms with Gasteiger partial charge in [0.25, 0.3) is 5.56 Å². The molecule has 0 amide bonds. The summed E-state index contributed by atoms with van der Waals surface area (Å²) in [5, 5.41) is 9.06. The summed E-state index contributed by atoms with van der Waals surface area (Å²) in [6, 6.07) is 7.32. The van der Waals surface area contributed by atoms with Crippen LogP contribution in [0.3, 0.4) is 0 Å². The molecule has 0 aliphatic carbocycles. The zero-order valence-corrected chi connectivity index (χ0v) is 16.9. The zero-order chi connectivity index (χ0) is 24.2. The highest BCUT2D eigenvalue weighted by Crippen LogP contribution is 2.33. The molecule has 11 heteroatoms. The summed E-state index contributed by atoms with van der Waals surface area (Å²) in [5.74, 6) is -4.93. The Hall–Kier alpha value is -3.60. The summed E-state index contributed by atoms with van der Waals surface area (Å²) >= 11 is 0. The molecule has 1 atom stereocenters. The highest BCUT2D eigenvalue weighted by atomic mass is 19.4. The van der Waals surface area contributed by atoms with Gasteiger partial charge in [-0.2, -0.15) is 0 Å². The van der Waals surface area contributed by atoms with Gasteiger partial charge >= 0.3 is 6.36 Å². The van der Waals surface area contributed by atoms with E-state index in [4.69, 9.17) is 5.11 Å². The molecule has 3 aromatic rings. The van der Waals surface area contributed by atoms with Gasteiger partial charge in [0.05, 0.1) is 12.3 Å². The number of ketones is 1. The molecule has 0 saturated heterocycles. The van der Waals surface area contributed by atoms with Gasteiger partial charge in [-0.25, -0.2) is 8.78 Å². The molecule has 2 aromatic heterocycles. The number of Topliss-reactive ketones (excluding diaryl/α,β-unsaturated/α-hetero) is 1. The summed E-state index contributed by atoms with van der Waals surface area (Å²) in [7, 11) is 0. The van der Waals surface area contributed by atoms with Gasteiger partial charge in [0.1, 0.15) is 5.82 Å². The Morgan fingerprint density at radius 3 is 2.52 bits per heavy atom. The van der Waals surface area contributed by atoms with Crippen molar-refractivity contribution in [3.63, 3.8) is 0 Å². The molecular formula is C22H17F5N2O4. The number of halogens is 5. The van der Waals surface area contributed by atoms with Crippen LogP contribution in [0.2, 0.25) is 0 Å². The number of aliphatic hydroxyl groups is 1. The number of carbonyl (C=O) groups is 1. The molecule has 0 radical (unpaired) electrons. The van der Waals surface area contributed by atoms with Crippen LogP contribution >= 0.6 is 0 Å². The smallest absolute Gasteiger partial charge is 0.403 e. The fourth-order valence-corrected chi connectivity index (χ4v) is 3.25. The lowest BCUT2D eigenvalue weighted by Gasteiger charge is -2.18. The third-order valence-electron chi connectivity index (χ3n) is 4.74. The fourth-order valence-electron chi connectivity index (χ4n) is 3.25. The van der Waals surface area contributed by atoms with Crippen molar-refractivity contribution in [3.8, 4) is 5.75 Å². The lowest BCUT2D eigenvalue weighted by Crippen LogP contribution is -2.22. The van der Waals surface area contributed by atoms with Crippen LogP contribution in [-0.2, 0) is 6.54 Å². The summed E-state index contributed by atoms with van der Waals surface area (Å²) in [6.07, 6.45) is -3.05. The Labute approximate surface area is 183 Å². The standard InChI is InChI=1S/C22H17F5N2O4/c23-16-2-1-7-28-21(16)15(13-3-5-19(17(24)10-13)33-22(25,26)27)11-18(31)14-4-6-20(32)29(12-14)8-9-30/h1-7,10,12,15,30H,8-9,11H2/t15-/m0/s1. The molecule has 0 bridgehead atoms. The molecule has 2 heterocycles. The third kappa shape index (κ3) is 6.01. The minimum Gasteiger partial charge on any atom is -0.403 e. The van der Waals surface area contributed by atoms with Crippen molar-refractivity contribution < 1.29 is 36.6 Å². The van der Waals surface area contributed by atoms with E-state index in [1.807, 2.05) is 0 Å². The fraction of sp³-hybridized carbons (Fsp3) is 0.227. The Bertz CT molecular complexity index is 1210. The van der Waals surface area contributed by atoms with Crippen molar-refractivity contribution >= 4 is 5.78 Å². The molecule has 0 unspecified atom stereocenters. The molecule has 174 valence electrons. The minimum atomic E-state index is -5.11. The number of benzene rings is 1. The zero-order valence-electron chi connectivity index (χ0n) is 16.9. The van der Waals surface area contributed by atoms with Crippen LogP contribution < -0.4 is 10.3 Å². The first-order chi connectivity index (χ1) is 15.6. The number of pyridine rings is 2. The first-order valence-electron chi connectivity index (χ1n) is 9.59. The second-order valence-corrected chi connectivity index (χ2v) is 6.96. The number of hydrogen-bond donors (Lipinski definition) is 1. The molecule has 0 saturated carbocycles. The van der Waals surface area contributed by atoms with Crippen LogP contribution in [0.1, 0.15) is 34.0 Å². The Morgan fingerprint density at radius 1 is 1.12 bits per heavy atom. The molecular weight excluding hydrogens is 451 g/mol. The highest BCUT2D eigenvalue weighted by Gasteiger charge is 2.33. The van der Waals surface area contributed by atoms with E-state index in [-0.39, 0.29) is 30.0 Å². The second-order valence-electron chi connectivity index (χ2n) is 6.96. The van der Waals surface area contributed by atoms with Crippen LogP contribution in [0.15, 0.2) is 59.7 Å². The molecule has 0 aliphatic rings. The van der Waals surface area contributed by atoms with E-state index in [0.717, 1.165) is 34.9 Å². The summed E-state index contributed by atoms with van der Waals surface area (Å²) in [4.78, 5) is 28.7. The van der Waals surface area contributed by atoms with Gasteiger partial charge in [0, 0.05) is 42.9 Å². The number of rotatable bonds is 8. The molecule has 6 nitrogen and oxygen atoms in total. The van der Waals surface area contributed by atoms with Gasteiger partial charge in [0.15, 0.2) is 17.3 Å². The van der Waals surface area contributed by atoms with Crippen LogP contribution in [0.25, 0.3) is 0 Å². The number of ether oxygens (including phenoxy) is 1. The van der Waals surface area contributed by atoms with Gasteiger partial charge < -0.3 is 14.4 Å². The molecule has 0 spiro atoms. The average molecular weight is 468 g/mol. The first-order valence-corrected chi connectivity index (χ1v) is 9.59. The topological polar surface area (TPSA) is 81.4 Å². The predicted octanol–water partition coefficient (Wildman–Crippen LogP) is 3.82. The molecule has 1 N–H and O–H groups in total. The predicted molar refractivity (Wildman–Crippen MR) is 106 cm³/mol. The van der Waals surface area contributed by atoms with Gasteiger partial charge in [-0.1, -0.05) is 6.07 Å². The van der Waals surface area contributed by atoms with Crippen LogP contribution in [0, 0.1) is 11.6 Å². The van der Waals surface area contributed by atoms with Crippen molar-refractivity contribution in [1.82, 2.24) is 9.55 Å². The van der Waals surface area contributed by atoms with Crippen LogP contribution in [-0.4, -0.2) is 33.4 Å². The largest absolute Gasteiger partial charge is 0.573 e. The number of aliphatic hydroxyl groups excluding tert-OH is 1. The van der Waals surface area contributed by atoms with Crippen molar-refractivity contribution in [3.05, 3.63) is 93.7 Å². The van der Waals surface area contributed by atoms with E-state index >= 15 is 0 Å². The summed E-state index contributed by atoms with van der Waals surface area (Å²) in [6.45, 7) is -0.394. The van der Waals surface area contributed by atoms with Gasteiger partial charge in [-0.05, 0) is 35.9 Å². The van der Waals surface area contributed by atoms with Crippen molar-refractivity contribution in [2.75, 3.05) is 6.61 Å². The molecule has 1 aromatic carbocycles. The lowest BCUT2D eigenvalue weighted by atomic mass is 9.88. The highest BCUT2D eigenvalue weighted by molar-refractivity contribution is 5.96. The maximum Gasteiger partial charge on any atom is 0.573 e. The third-order valence-corrected chi connectivity index (χ3v) is 4.74. The number of nitrogens with zero attached hydrogens (tertiary/aromatic N) is 2. The van der Waals surface area contributed by atoms with E-state index < -0.39 is 47.4 Å². The van der Waals surface area contributed by atoms with Gasteiger partial charge in [-0.15, -0.1) is 13.2 Å². The second kappa shape index (κ2) is 9.90. The van der Waals surface area contributed by atoms with Crippen molar-refractivity contribution in [2.45, 2.75) is 25.2 Å². The average Bonchev–Trinajstić information content (AvgIpc) is 2.75. The quantitative estimate of drug-likeness (QED) is 0.402. The van der Waals surface area contributed by atoms with Gasteiger partial charge in [0.2, 0.25) is 0 Å². The Kier molecular flexibility index (Phi) is 7.22. The Morgan fingerprint density at radius 2 is 1.88 bits per heavy atom. The number of carbonyl (C=O) groups excluding carboxylic acids is 1. The SMILES string of the molecule is O=C(C[C@@H](c1ccc(OC(F)(F)F)c(F)c1)c1ncccc1F)c1ccc(=O)n(CCO)c1. The number of alkyl halides is 3. The normalized spacial score (nSPS) is 12.4. The van der Waals surface area contributed by atoms with E-state index in [1.165, 1.54) is 24.5 Å². The van der Waals surface area contributed by atoms with E-state index in [0.29, 0.717) is 0 Å². The van der Waals surface area contributed by atoms with Crippen molar-refractivity contribution in [2.24, 2.45) is 0 Å². The van der Waals surface area contributed by atoms with E-state index in [1.54, 1.807) is 0 Å². The van der Waals surface area contributed by atoms with Gasteiger partial charge in [-0.3, -0.25) is 14.6 Å². The summed E-state index contributed by atoms with van der Waals surface area (Å²) in [5.41, 5.74) is -0.591. The molecule has 0 fully saturated rings. The maximum absolute atomic E-state index is 14.5.